The van der Waals surface area contributed by atoms with Gasteiger partial charge in [0.25, 0.3) is 0 Å². The zero-order chi connectivity index (χ0) is 15.4. The van der Waals surface area contributed by atoms with Crippen molar-refractivity contribution in [2.24, 2.45) is 11.8 Å². The van der Waals surface area contributed by atoms with Crippen LogP contribution in [0.5, 0.6) is 0 Å². The first kappa shape index (κ1) is 15.3. The molecule has 1 amide bonds. The molecule has 0 spiro atoms. The highest BCUT2D eigenvalue weighted by molar-refractivity contribution is 5.80. The van der Waals surface area contributed by atoms with E-state index in [1.807, 2.05) is 13.0 Å². The maximum absolute atomic E-state index is 12.7. The Kier molecular flexibility index (Phi) is 4.98. The lowest BCUT2D eigenvalue weighted by Crippen LogP contribution is -2.36. The van der Waals surface area contributed by atoms with E-state index in [1.54, 1.807) is 0 Å². The van der Waals surface area contributed by atoms with E-state index in [0.29, 0.717) is 11.8 Å². The molecule has 4 heteroatoms. The molecule has 3 rings (SSSR count). The molecule has 1 aromatic rings. The lowest BCUT2D eigenvalue weighted by atomic mass is 10.1. The van der Waals surface area contributed by atoms with Gasteiger partial charge in [0, 0.05) is 44.4 Å². The second kappa shape index (κ2) is 7.14. The van der Waals surface area contributed by atoms with Crippen molar-refractivity contribution in [3.8, 4) is 0 Å². The molecular weight excluding hydrogens is 276 g/mol. The third kappa shape index (κ3) is 3.43. The third-order valence-corrected chi connectivity index (χ3v) is 4.81. The topological polar surface area (TPSA) is 32.8 Å². The molecule has 0 bridgehead atoms. The molecule has 22 heavy (non-hydrogen) atoms. The summed E-state index contributed by atoms with van der Waals surface area (Å²) in [7, 11) is 0. The van der Waals surface area contributed by atoms with Gasteiger partial charge in [-0.25, -0.2) is 0 Å². The van der Waals surface area contributed by atoms with E-state index in [1.165, 1.54) is 5.69 Å². The van der Waals surface area contributed by atoms with Gasteiger partial charge in [0.1, 0.15) is 0 Å². The summed E-state index contributed by atoms with van der Waals surface area (Å²) in [5.74, 6) is 1.03. The first-order valence-electron chi connectivity index (χ1n) is 8.44. The number of carbonyl (C=O) groups is 1. The highest BCUT2D eigenvalue weighted by Gasteiger charge is 2.34. The number of carbonyl (C=O) groups excluding carboxylic acids is 1. The van der Waals surface area contributed by atoms with E-state index >= 15 is 0 Å². The van der Waals surface area contributed by atoms with Crippen LogP contribution in [-0.2, 0) is 9.53 Å². The number of rotatable bonds is 5. The number of anilines is 1. The zero-order valence-corrected chi connectivity index (χ0v) is 13.4. The highest BCUT2D eigenvalue weighted by Crippen LogP contribution is 2.27. The standard InChI is InChI=1S/C18H26N2O2/c1-2-22-14-15-8-10-20(12-15)18(21)16-9-11-19(13-16)17-6-4-3-5-7-17/h3-7,15-16H,2,8-14H2,1H3/t15-,16+/m0/s1. The summed E-state index contributed by atoms with van der Waals surface area (Å²) >= 11 is 0. The van der Waals surface area contributed by atoms with Crippen LogP contribution in [0.25, 0.3) is 0 Å². The SMILES string of the molecule is CCOC[C@H]1CCN(C(=O)[C@@H]2CCN(c3ccccc3)C2)C1. The largest absolute Gasteiger partial charge is 0.381 e. The van der Waals surface area contributed by atoms with Crippen molar-refractivity contribution in [1.29, 1.82) is 0 Å². The summed E-state index contributed by atoms with van der Waals surface area (Å²) in [4.78, 5) is 17.1. The number of para-hydroxylation sites is 1. The molecule has 2 heterocycles. The van der Waals surface area contributed by atoms with Crippen molar-refractivity contribution >= 4 is 11.6 Å². The minimum absolute atomic E-state index is 0.158. The highest BCUT2D eigenvalue weighted by atomic mass is 16.5. The van der Waals surface area contributed by atoms with Gasteiger partial charge in [-0.2, -0.15) is 0 Å². The molecular formula is C18H26N2O2. The molecule has 4 nitrogen and oxygen atoms in total. The predicted octanol–water partition coefficient (Wildman–Crippen LogP) is 2.40. The van der Waals surface area contributed by atoms with E-state index < -0.39 is 0 Å². The number of hydrogen-bond donors (Lipinski definition) is 0. The fraction of sp³-hybridized carbons (Fsp3) is 0.611. The van der Waals surface area contributed by atoms with Crippen molar-refractivity contribution in [3.05, 3.63) is 30.3 Å². The summed E-state index contributed by atoms with van der Waals surface area (Å²) in [6, 6.07) is 10.4. The van der Waals surface area contributed by atoms with Crippen LogP contribution < -0.4 is 4.90 Å². The monoisotopic (exact) mass is 302 g/mol. The van der Waals surface area contributed by atoms with Crippen LogP contribution in [0.4, 0.5) is 5.69 Å². The van der Waals surface area contributed by atoms with E-state index in [9.17, 15) is 4.79 Å². The van der Waals surface area contributed by atoms with Gasteiger partial charge in [-0.3, -0.25) is 4.79 Å². The zero-order valence-electron chi connectivity index (χ0n) is 13.4. The second-order valence-corrected chi connectivity index (χ2v) is 6.37. The molecule has 120 valence electrons. The van der Waals surface area contributed by atoms with Crippen molar-refractivity contribution in [1.82, 2.24) is 4.90 Å². The Labute approximate surface area is 133 Å². The summed E-state index contributed by atoms with van der Waals surface area (Å²) in [6.45, 7) is 7.19. The van der Waals surface area contributed by atoms with Crippen molar-refractivity contribution in [2.45, 2.75) is 19.8 Å². The van der Waals surface area contributed by atoms with Gasteiger partial charge in [0.2, 0.25) is 5.91 Å². The first-order valence-corrected chi connectivity index (χ1v) is 8.44. The number of ether oxygens (including phenoxy) is 1. The number of nitrogens with zero attached hydrogens (tertiary/aromatic N) is 2. The summed E-state index contributed by atoms with van der Waals surface area (Å²) < 4.78 is 5.50. The van der Waals surface area contributed by atoms with E-state index in [2.05, 4.69) is 34.1 Å². The molecule has 0 unspecified atom stereocenters. The van der Waals surface area contributed by atoms with Crippen molar-refractivity contribution in [3.63, 3.8) is 0 Å². The van der Waals surface area contributed by atoms with Crippen molar-refractivity contribution in [2.75, 3.05) is 44.3 Å². The Hall–Kier alpha value is -1.55. The number of hydrogen-bond acceptors (Lipinski definition) is 3. The van der Waals surface area contributed by atoms with Crippen LogP contribution in [0.1, 0.15) is 19.8 Å². The van der Waals surface area contributed by atoms with Gasteiger partial charge < -0.3 is 14.5 Å². The van der Waals surface area contributed by atoms with Gasteiger partial charge >= 0.3 is 0 Å². The Morgan fingerprint density at radius 3 is 2.77 bits per heavy atom. The summed E-state index contributed by atoms with van der Waals surface area (Å²) in [5.41, 5.74) is 1.23. The van der Waals surface area contributed by atoms with Gasteiger partial charge in [0.05, 0.1) is 12.5 Å². The van der Waals surface area contributed by atoms with Crippen LogP contribution in [0.15, 0.2) is 30.3 Å². The minimum atomic E-state index is 0.158. The summed E-state index contributed by atoms with van der Waals surface area (Å²) in [6.07, 6.45) is 2.06. The number of benzene rings is 1. The number of likely N-dealkylation sites (tertiary alicyclic amines) is 1. The predicted molar refractivity (Wildman–Crippen MR) is 87.9 cm³/mol. The molecule has 0 N–H and O–H groups in total. The average molecular weight is 302 g/mol. The van der Waals surface area contributed by atoms with Gasteiger partial charge in [-0.15, -0.1) is 0 Å². The lowest BCUT2D eigenvalue weighted by molar-refractivity contribution is -0.133. The normalized spacial score (nSPS) is 25.0. The summed E-state index contributed by atoms with van der Waals surface area (Å²) in [5, 5.41) is 0. The number of amides is 1. The smallest absolute Gasteiger partial charge is 0.227 e. The molecule has 0 aliphatic carbocycles. The molecule has 0 aromatic heterocycles. The molecule has 2 aliphatic rings. The molecule has 2 aliphatic heterocycles. The van der Waals surface area contributed by atoms with Gasteiger partial charge in [0.15, 0.2) is 0 Å². The average Bonchev–Trinajstić information content (AvgIpc) is 3.23. The van der Waals surface area contributed by atoms with E-state index in [-0.39, 0.29) is 5.92 Å². The third-order valence-electron chi connectivity index (χ3n) is 4.81. The van der Waals surface area contributed by atoms with Crippen LogP contribution >= 0.6 is 0 Å². The molecule has 0 saturated carbocycles. The molecule has 0 radical (unpaired) electrons. The van der Waals surface area contributed by atoms with Gasteiger partial charge in [-0.1, -0.05) is 18.2 Å². The molecule has 2 saturated heterocycles. The second-order valence-electron chi connectivity index (χ2n) is 6.37. The first-order chi connectivity index (χ1) is 10.8. The van der Waals surface area contributed by atoms with Crippen molar-refractivity contribution < 1.29 is 9.53 Å². The minimum Gasteiger partial charge on any atom is -0.381 e. The quantitative estimate of drug-likeness (QED) is 0.837. The van der Waals surface area contributed by atoms with E-state index in [0.717, 1.165) is 52.2 Å². The van der Waals surface area contributed by atoms with Crippen LogP contribution in [-0.4, -0.2) is 50.2 Å². The Bertz CT molecular complexity index is 491. The Morgan fingerprint density at radius 1 is 1.18 bits per heavy atom. The van der Waals surface area contributed by atoms with E-state index in [4.69, 9.17) is 4.74 Å². The van der Waals surface area contributed by atoms with Gasteiger partial charge in [-0.05, 0) is 31.9 Å². The maximum atomic E-state index is 12.7. The van der Waals surface area contributed by atoms with Crippen LogP contribution in [0.3, 0.4) is 0 Å². The molecule has 1 aromatic carbocycles. The Balaban J connectivity index is 1.52. The fourth-order valence-corrected chi connectivity index (χ4v) is 3.55. The van der Waals surface area contributed by atoms with Crippen LogP contribution in [0, 0.1) is 11.8 Å². The fourth-order valence-electron chi connectivity index (χ4n) is 3.55. The maximum Gasteiger partial charge on any atom is 0.227 e. The molecule has 2 atom stereocenters. The van der Waals surface area contributed by atoms with Crippen LogP contribution in [0.2, 0.25) is 0 Å². The lowest BCUT2D eigenvalue weighted by Gasteiger charge is -2.22. The molecule has 2 fully saturated rings. The Morgan fingerprint density at radius 2 is 2.00 bits per heavy atom.